The van der Waals surface area contributed by atoms with E-state index in [2.05, 4.69) is 9.68 Å². The van der Waals surface area contributed by atoms with Crippen LogP contribution in [0.5, 0.6) is 0 Å². The number of halogens is 3. The Morgan fingerprint density at radius 2 is 1.76 bits per heavy atom. The second-order valence-corrected chi connectivity index (χ2v) is 8.51. The van der Waals surface area contributed by atoms with Crippen LogP contribution in [-0.2, 0) is 29.2 Å². The van der Waals surface area contributed by atoms with E-state index in [-0.39, 0.29) is 22.7 Å². The van der Waals surface area contributed by atoms with Gasteiger partial charge in [-0.15, -0.1) is 0 Å². The average Bonchev–Trinajstić information content (AvgIpc) is 3.19. The smallest absolute Gasteiger partial charge is 0.351 e. The molecule has 0 spiro atoms. The Morgan fingerprint density at radius 1 is 1.07 bits per heavy atom. The minimum atomic E-state index is -4.67. The minimum absolute atomic E-state index is 0.0347. The van der Waals surface area contributed by atoms with Gasteiger partial charge in [0.2, 0.25) is 15.8 Å². The molecular formula is C20H19F3N2O3S. The summed E-state index contributed by atoms with van der Waals surface area (Å²) in [6.07, 6.45) is -4.22. The van der Waals surface area contributed by atoms with Crippen LogP contribution in [0.25, 0.3) is 11.3 Å². The van der Waals surface area contributed by atoms with E-state index in [1.54, 1.807) is 6.07 Å². The van der Waals surface area contributed by atoms with Gasteiger partial charge in [-0.25, -0.2) is 8.42 Å². The van der Waals surface area contributed by atoms with E-state index in [1.165, 1.54) is 23.5 Å². The number of alkyl halides is 3. The van der Waals surface area contributed by atoms with Gasteiger partial charge in [0.15, 0.2) is 0 Å². The summed E-state index contributed by atoms with van der Waals surface area (Å²) in [7, 11) is -2.41. The van der Waals surface area contributed by atoms with Gasteiger partial charge in [0.25, 0.3) is 0 Å². The summed E-state index contributed by atoms with van der Waals surface area (Å²) in [4.78, 5) is 0.0347. The zero-order valence-electron chi connectivity index (χ0n) is 15.8. The SMILES string of the molecule is CCc1ccc(-c2cc(C(F)(F)F)on2)cc1S(=O)(=O)N(C)Cc1ccccc1. The lowest BCUT2D eigenvalue weighted by atomic mass is 10.1. The van der Waals surface area contributed by atoms with Crippen LogP contribution in [0.4, 0.5) is 13.2 Å². The molecule has 1 aromatic heterocycles. The van der Waals surface area contributed by atoms with Crippen molar-refractivity contribution in [2.45, 2.75) is 31.0 Å². The van der Waals surface area contributed by atoms with E-state index in [0.717, 1.165) is 11.6 Å². The van der Waals surface area contributed by atoms with Crippen LogP contribution < -0.4 is 0 Å². The van der Waals surface area contributed by atoms with Gasteiger partial charge in [-0.05, 0) is 23.6 Å². The lowest BCUT2D eigenvalue weighted by molar-refractivity contribution is -0.155. The van der Waals surface area contributed by atoms with Gasteiger partial charge in [-0.2, -0.15) is 17.5 Å². The molecule has 0 aliphatic carbocycles. The molecule has 0 unspecified atom stereocenters. The lowest BCUT2D eigenvalue weighted by Crippen LogP contribution is -2.27. The van der Waals surface area contributed by atoms with Gasteiger partial charge in [0.1, 0.15) is 5.69 Å². The quantitative estimate of drug-likeness (QED) is 0.573. The Hall–Kier alpha value is -2.65. The molecule has 29 heavy (non-hydrogen) atoms. The van der Waals surface area contributed by atoms with Crippen LogP contribution in [0.1, 0.15) is 23.8 Å². The molecule has 0 aliphatic heterocycles. The summed E-state index contributed by atoms with van der Waals surface area (Å²) in [5.41, 5.74) is 1.53. The molecule has 9 heteroatoms. The maximum absolute atomic E-state index is 13.2. The second-order valence-electron chi connectivity index (χ2n) is 6.50. The third kappa shape index (κ3) is 4.51. The topological polar surface area (TPSA) is 63.4 Å². The molecule has 0 N–H and O–H groups in total. The number of hydrogen-bond donors (Lipinski definition) is 0. The van der Waals surface area contributed by atoms with E-state index in [4.69, 9.17) is 0 Å². The molecule has 154 valence electrons. The van der Waals surface area contributed by atoms with Gasteiger partial charge in [-0.3, -0.25) is 0 Å². The standard InChI is InChI=1S/C20H19F3N2O3S/c1-3-15-9-10-16(17-12-19(28-24-17)20(21,22)23)11-18(15)29(26,27)25(2)13-14-7-5-4-6-8-14/h4-12H,3,13H2,1-2H3. The lowest BCUT2D eigenvalue weighted by Gasteiger charge is -2.19. The zero-order chi connectivity index (χ0) is 21.2. The van der Waals surface area contributed by atoms with E-state index >= 15 is 0 Å². The highest BCUT2D eigenvalue weighted by atomic mass is 32.2. The molecule has 3 aromatic rings. The van der Waals surface area contributed by atoms with Crippen molar-refractivity contribution in [2.24, 2.45) is 0 Å². The van der Waals surface area contributed by atoms with Crippen molar-refractivity contribution >= 4 is 10.0 Å². The van der Waals surface area contributed by atoms with Crippen molar-refractivity contribution in [3.05, 3.63) is 71.5 Å². The zero-order valence-corrected chi connectivity index (χ0v) is 16.6. The third-order valence-corrected chi connectivity index (χ3v) is 6.36. The third-order valence-electron chi connectivity index (χ3n) is 4.47. The molecule has 1 heterocycles. The summed E-state index contributed by atoms with van der Waals surface area (Å²) in [6.45, 7) is 1.97. The number of aryl methyl sites for hydroxylation is 1. The Kier molecular flexibility index (Phi) is 5.81. The number of aromatic nitrogens is 1. The number of sulfonamides is 1. The highest BCUT2D eigenvalue weighted by Crippen LogP contribution is 2.33. The van der Waals surface area contributed by atoms with Crippen molar-refractivity contribution in [3.8, 4) is 11.3 Å². The van der Waals surface area contributed by atoms with Crippen LogP contribution in [0, 0.1) is 0 Å². The Labute approximate surface area is 166 Å². The largest absolute Gasteiger partial charge is 0.452 e. The van der Waals surface area contributed by atoms with Crippen molar-refractivity contribution in [2.75, 3.05) is 7.05 Å². The van der Waals surface area contributed by atoms with E-state index in [9.17, 15) is 21.6 Å². The molecule has 0 aliphatic rings. The maximum atomic E-state index is 13.2. The molecule has 0 fully saturated rings. The second kappa shape index (κ2) is 8.00. The van der Waals surface area contributed by atoms with Gasteiger partial charge in [0, 0.05) is 25.2 Å². The number of benzene rings is 2. The average molecular weight is 424 g/mol. The fraction of sp³-hybridized carbons (Fsp3) is 0.250. The van der Waals surface area contributed by atoms with Crippen molar-refractivity contribution in [3.63, 3.8) is 0 Å². The Morgan fingerprint density at radius 3 is 2.34 bits per heavy atom. The summed E-state index contributed by atoms with van der Waals surface area (Å²) in [5.74, 6) is -1.24. The maximum Gasteiger partial charge on any atom is 0.452 e. The highest BCUT2D eigenvalue weighted by Gasteiger charge is 2.36. The van der Waals surface area contributed by atoms with Crippen LogP contribution in [0.2, 0.25) is 0 Å². The number of rotatable bonds is 6. The molecule has 0 amide bonds. The van der Waals surface area contributed by atoms with Crippen LogP contribution >= 0.6 is 0 Å². The fourth-order valence-electron chi connectivity index (χ4n) is 2.88. The van der Waals surface area contributed by atoms with Gasteiger partial charge >= 0.3 is 6.18 Å². The molecule has 0 saturated heterocycles. The monoisotopic (exact) mass is 424 g/mol. The van der Waals surface area contributed by atoms with Crippen molar-refractivity contribution < 1.29 is 26.1 Å². The highest BCUT2D eigenvalue weighted by molar-refractivity contribution is 7.89. The minimum Gasteiger partial charge on any atom is -0.351 e. The summed E-state index contributed by atoms with van der Waals surface area (Å²) in [6, 6.07) is 14.3. The number of hydrogen-bond acceptors (Lipinski definition) is 4. The van der Waals surface area contributed by atoms with E-state index in [1.807, 2.05) is 37.3 Å². The van der Waals surface area contributed by atoms with Crippen molar-refractivity contribution in [1.82, 2.24) is 9.46 Å². The molecule has 0 radical (unpaired) electrons. The summed E-state index contributed by atoms with van der Waals surface area (Å²) < 4.78 is 70.2. The molecule has 0 atom stereocenters. The Balaban J connectivity index is 1.99. The van der Waals surface area contributed by atoms with Crippen LogP contribution in [-0.4, -0.2) is 24.9 Å². The first kappa shape index (κ1) is 21.1. The number of nitrogens with zero attached hydrogens (tertiary/aromatic N) is 2. The van der Waals surface area contributed by atoms with Gasteiger partial charge < -0.3 is 4.52 Å². The first-order valence-electron chi connectivity index (χ1n) is 8.80. The van der Waals surface area contributed by atoms with Crippen molar-refractivity contribution in [1.29, 1.82) is 0 Å². The molecule has 0 saturated carbocycles. The molecule has 3 rings (SSSR count). The predicted octanol–water partition coefficient (Wildman–Crippen LogP) is 4.74. The molecule has 0 bridgehead atoms. The van der Waals surface area contributed by atoms with E-state index in [0.29, 0.717) is 12.0 Å². The van der Waals surface area contributed by atoms with Gasteiger partial charge in [0.05, 0.1) is 4.90 Å². The van der Waals surface area contributed by atoms with Crippen LogP contribution in [0.3, 0.4) is 0 Å². The summed E-state index contributed by atoms with van der Waals surface area (Å²) >= 11 is 0. The summed E-state index contributed by atoms with van der Waals surface area (Å²) in [5, 5.41) is 3.44. The fourth-order valence-corrected chi connectivity index (χ4v) is 4.36. The predicted molar refractivity (Wildman–Crippen MR) is 101 cm³/mol. The molecular weight excluding hydrogens is 405 g/mol. The van der Waals surface area contributed by atoms with E-state index < -0.39 is 22.0 Å². The Bertz CT molecular complexity index is 1090. The molecule has 2 aromatic carbocycles. The van der Waals surface area contributed by atoms with Gasteiger partial charge in [-0.1, -0.05) is 54.5 Å². The normalized spacial score (nSPS) is 12.5. The van der Waals surface area contributed by atoms with Crippen LogP contribution in [0.15, 0.2) is 64.0 Å². The first-order valence-corrected chi connectivity index (χ1v) is 10.2. The molecule has 5 nitrogen and oxygen atoms in total. The first-order chi connectivity index (χ1) is 13.6.